The number of carbonyl (C=O) groups is 1. The number of fused-ring (bicyclic) bond motifs is 1. The minimum Gasteiger partial charge on any atom is -0.493 e. The predicted octanol–water partition coefficient (Wildman–Crippen LogP) is 3.71. The molecule has 4 N–H and O–H groups in total. The maximum Gasteiger partial charge on any atom is 0.337 e. The fraction of sp³-hybridized carbons (Fsp3) is 0.400. The van der Waals surface area contributed by atoms with Gasteiger partial charge in [-0.15, -0.1) is 0 Å². The molecule has 166 valence electrons. The van der Waals surface area contributed by atoms with Gasteiger partial charge in [0.2, 0.25) is 0 Å². The summed E-state index contributed by atoms with van der Waals surface area (Å²) in [5.74, 6) is 0.491. The zero-order valence-electron chi connectivity index (χ0n) is 17.9. The second-order valence-corrected chi connectivity index (χ2v) is 9.36. The molecule has 2 aliphatic carbocycles. The third-order valence-electron chi connectivity index (χ3n) is 7.48. The molecule has 3 aromatic rings. The van der Waals surface area contributed by atoms with Gasteiger partial charge < -0.3 is 25.5 Å². The largest absolute Gasteiger partial charge is 0.493 e. The molecule has 1 saturated carbocycles. The van der Waals surface area contributed by atoms with Crippen LogP contribution >= 0.6 is 0 Å². The van der Waals surface area contributed by atoms with Crippen LogP contribution in [0.5, 0.6) is 5.75 Å². The Morgan fingerprint density at radius 3 is 2.81 bits per heavy atom. The van der Waals surface area contributed by atoms with Crippen molar-refractivity contribution in [1.29, 1.82) is 0 Å². The van der Waals surface area contributed by atoms with Crippen LogP contribution in [0, 0.1) is 11.7 Å². The molecule has 6 rings (SSSR count). The lowest BCUT2D eigenvalue weighted by molar-refractivity contribution is 0.0600. The van der Waals surface area contributed by atoms with Crippen molar-refractivity contribution >= 4 is 16.9 Å². The molecule has 6 nitrogen and oxygen atoms in total. The van der Waals surface area contributed by atoms with Gasteiger partial charge in [-0.05, 0) is 67.1 Å². The maximum atomic E-state index is 14.0. The first kappa shape index (κ1) is 19.8. The number of hydrogen-bond acceptors (Lipinski definition) is 5. The lowest BCUT2D eigenvalue weighted by Gasteiger charge is -2.38. The summed E-state index contributed by atoms with van der Waals surface area (Å²) in [7, 11) is 1.35. The Morgan fingerprint density at radius 1 is 1.25 bits per heavy atom. The maximum absolute atomic E-state index is 14.0. The monoisotopic (exact) mass is 435 g/mol. The van der Waals surface area contributed by atoms with E-state index in [9.17, 15) is 9.18 Å². The predicted molar refractivity (Wildman–Crippen MR) is 118 cm³/mol. The van der Waals surface area contributed by atoms with Crippen molar-refractivity contribution in [3.05, 3.63) is 64.6 Å². The van der Waals surface area contributed by atoms with E-state index in [0.717, 1.165) is 40.7 Å². The van der Waals surface area contributed by atoms with Crippen molar-refractivity contribution in [3.8, 4) is 5.75 Å². The smallest absolute Gasteiger partial charge is 0.337 e. The minimum absolute atomic E-state index is 0.0601. The number of hydrogen-bond donors (Lipinski definition) is 2. The second kappa shape index (κ2) is 6.80. The van der Waals surface area contributed by atoms with Gasteiger partial charge in [-0.1, -0.05) is 0 Å². The first-order valence-electron chi connectivity index (χ1n) is 11.1. The average molecular weight is 435 g/mol. The Bertz CT molecular complexity index is 1270. The average Bonchev–Trinajstić information content (AvgIpc) is 3.51. The highest BCUT2D eigenvalue weighted by Crippen LogP contribution is 2.58. The molecule has 2 heterocycles. The van der Waals surface area contributed by atoms with Gasteiger partial charge in [0.05, 0.1) is 30.9 Å². The van der Waals surface area contributed by atoms with Crippen LogP contribution in [-0.2, 0) is 16.8 Å². The molecule has 3 aliphatic rings. The van der Waals surface area contributed by atoms with Crippen molar-refractivity contribution in [2.75, 3.05) is 13.7 Å². The molecule has 1 aromatic heterocycles. The van der Waals surface area contributed by atoms with Crippen LogP contribution in [0.25, 0.3) is 10.9 Å². The van der Waals surface area contributed by atoms with Crippen LogP contribution < -0.4 is 16.2 Å². The highest BCUT2D eigenvalue weighted by molar-refractivity contribution is 5.91. The molecular weight excluding hydrogens is 409 g/mol. The van der Waals surface area contributed by atoms with Gasteiger partial charge in [0.15, 0.2) is 0 Å². The summed E-state index contributed by atoms with van der Waals surface area (Å²) >= 11 is 0. The minimum atomic E-state index is -0.903. The molecule has 0 saturated heterocycles. The summed E-state index contributed by atoms with van der Waals surface area (Å²) in [6.07, 6.45) is 3.10. The second-order valence-electron chi connectivity index (χ2n) is 9.36. The Kier molecular flexibility index (Phi) is 4.20. The lowest BCUT2D eigenvalue weighted by Crippen LogP contribution is -2.49. The summed E-state index contributed by atoms with van der Waals surface area (Å²) in [5.41, 5.74) is 17.4. The number of aromatic nitrogens is 1. The van der Waals surface area contributed by atoms with E-state index < -0.39 is 17.6 Å². The molecule has 2 aromatic carbocycles. The van der Waals surface area contributed by atoms with Crippen molar-refractivity contribution in [2.24, 2.45) is 17.4 Å². The topological polar surface area (TPSA) is 92.5 Å². The third kappa shape index (κ3) is 2.67. The van der Waals surface area contributed by atoms with Gasteiger partial charge in [-0.3, -0.25) is 0 Å². The Labute approximate surface area is 185 Å². The van der Waals surface area contributed by atoms with Gasteiger partial charge in [-0.2, -0.15) is 0 Å². The lowest BCUT2D eigenvalue weighted by atomic mass is 9.77. The molecule has 0 bridgehead atoms. The molecule has 32 heavy (non-hydrogen) atoms. The number of ether oxygens (including phenoxy) is 2. The number of esters is 1. The molecule has 1 fully saturated rings. The van der Waals surface area contributed by atoms with E-state index in [1.54, 1.807) is 18.2 Å². The van der Waals surface area contributed by atoms with Crippen LogP contribution in [0.2, 0.25) is 0 Å². The molecule has 0 spiro atoms. The number of methoxy groups -OCH3 is 1. The van der Waals surface area contributed by atoms with Gasteiger partial charge in [0.1, 0.15) is 11.6 Å². The van der Waals surface area contributed by atoms with Crippen molar-refractivity contribution in [1.82, 2.24) is 4.57 Å². The Morgan fingerprint density at radius 2 is 2.06 bits per heavy atom. The molecule has 2 unspecified atom stereocenters. The molecule has 3 atom stereocenters. The molecular formula is C25H26FN3O3. The van der Waals surface area contributed by atoms with Gasteiger partial charge in [0.25, 0.3) is 0 Å². The summed E-state index contributed by atoms with van der Waals surface area (Å²) in [6.45, 7) is 1.33. The first-order valence-corrected chi connectivity index (χ1v) is 11.1. The Balaban J connectivity index is 1.56. The quantitative estimate of drug-likeness (QED) is 0.610. The summed E-state index contributed by atoms with van der Waals surface area (Å²) in [4.78, 5) is 12.3. The number of rotatable bonds is 4. The van der Waals surface area contributed by atoms with E-state index in [2.05, 4.69) is 4.57 Å². The standard InChI is InChI=1S/C25H26FN3O3/c1-31-24(30)15-9-17-22-18(6-7-32-20(22)10-15)25(28,23(17)27)21-11-14-8-16(26)4-5-19(14)29(21)12-13-2-3-13/h4-5,8-11,13,18,23H,2-3,6-7,12,27-28H2,1H3/t18?,23?,25-/m0/s1. The van der Waals surface area contributed by atoms with Crippen molar-refractivity contribution in [2.45, 2.75) is 43.3 Å². The fourth-order valence-electron chi connectivity index (χ4n) is 5.71. The van der Waals surface area contributed by atoms with Crippen LogP contribution in [0.1, 0.15) is 58.4 Å². The summed E-state index contributed by atoms with van der Waals surface area (Å²) in [6, 6.07) is 9.87. The number of carbonyl (C=O) groups excluding carboxylic acids is 1. The van der Waals surface area contributed by atoms with E-state index in [4.69, 9.17) is 20.9 Å². The van der Waals surface area contributed by atoms with Crippen LogP contribution in [0.4, 0.5) is 4.39 Å². The van der Waals surface area contributed by atoms with Crippen LogP contribution in [0.3, 0.4) is 0 Å². The van der Waals surface area contributed by atoms with E-state index in [1.807, 2.05) is 12.1 Å². The fourth-order valence-corrected chi connectivity index (χ4v) is 5.71. The molecule has 7 heteroatoms. The van der Waals surface area contributed by atoms with Crippen molar-refractivity contribution < 1.29 is 18.7 Å². The zero-order valence-corrected chi connectivity index (χ0v) is 17.9. The third-order valence-corrected chi connectivity index (χ3v) is 7.48. The number of nitrogens with zero attached hydrogens (tertiary/aromatic N) is 1. The van der Waals surface area contributed by atoms with Gasteiger partial charge in [-0.25, -0.2) is 9.18 Å². The van der Waals surface area contributed by atoms with Crippen LogP contribution in [0.15, 0.2) is 36.4 Å². The molecule has 1 aliphatic heterocycles. The summed E-state index contributed by atoms with van der Waals surface area (Å²) in [5, 5.41) is 0.830. The Hall–Kier alpha value is -2.90. The highest BCUT2D eigenvalue weighted by atomic mass is 19.1. The van der Waals surface area contributed by atoms with E-state index >= 15 is 0 Å². The zero-order chi connectivity index (χ0) is 22.2. The van der Waals surface area contributed by atoms with Crippen LogP contribution in [-0.4, -0.2) is 24.3 Å². The summed E-state index contributed by atoms with van der Waals surface area (Å²) < 4.78 is 27.2. The molecule has 0 amide bonds. The van der Waals surface area contributed by atoms with Gasteiger partial charge >= 0.3 is 5.97 Å². The SMILES string of the molecule is COC(=O)c1cc2c3c(c1)C(N)[C@@](N)(c1cc4cc(F)ccc4n1CC1CC1)C3CCO2. The molecule has 0 radical (unpaired) electrons. The van der Waals surface area contributed by atoms with E-state index in [0.29, 0.717) is 23.8 Å². The van der Waals surface area contributed by atoms with Crippen molar-refractivity contribution in [3.63, 3.8) is 0 Å². The number of benzene rings is 2. The number of halogens is 1. The number of nitrogens with two attached hydrogens (primary N) is 2. The van der Waals surface area contributed by atoms with E-state index in [-0.39, 0.29) is 11.7 Å². The van der Waals surface area contributed by atoms with Gasteiger partial charge in [0, 0.05) is 34.6 Å². The first-order chi connectivity index (χ1) is 15.4. The normalized spacial score (nSPS) is 26.1. The van der Waals surface area contributed by atoms with E-state index in [1.165, 1.54) is 26.0 Å². The highest BCUT2D eigenvalue weighted by Gasteiger charge is 2.54.